The van der Waals surface area contributed by atoms with Crippen molar-refractivity contribution in [2.75, 3.05) is 24.6 Å². The first-order valence-electron chi connectivity index (χ1n) is 11.2. The van der Waals surface area contributed by atoms with E-state index in [0.29, 0.717) is 35.0 Å². The van der Waals surface area contributed by atoms with Gasteiger partial charge in [0.1, 0.15) is 5.70 Å². The fourth-order valence-electron chi connectivity index (χ4n) is 4.25. The number of benzene rings is 1. The highest BCUT2D eigenvalue weighted by atomic mass is 32.1. The van der Waals surface area contributed by atoms with E-state index in [4.69, 9.17) is 4.74 Å². The standard InChI is InChI=1S/C25H28N2O4S/c1-3-4-13-31-25(30)18-9-5-10-19(15-18)27-23(28)21(20-11-7-14-32-20)22(24(27)29)26-12-6-8-17(2)16-26/h5,7,9-11,14-15,17H,3-4,6,8,12-13,16H2,1-2H3. The SMILES string of the molecule is CCCCOC(=O)c1cccc(N2C(=O)C(c3cccs3)=C(N3CCCC(C)C3)C2=O)c1. The average molecular weight is 453 g/mol. The van der Waals surface area contributed by atoms with Crippen LogP contribution in [0.15, 0.2) is 47.5 Å². The summed E-state index contributed by atoms with van der Waals surface area (Å²) < 4.78 is 5.30. The van der Waals surface area contributed by atoms with E-state index < -0.39 is 5.97 Å². The zero-order valence-corrected chi connectivity index (χ0v) is 19.3. The molecule has 2 amide bonds. The fourth-order valence-corrected chi connectivity index (χ4v) is 5.01. The number of hydrogen-bond donors (Lipinski definition) is 0. The molecule has 2 aromatic rings. The fraction of sp³-hybridized carbons (Fsp3) is 0.400. The molecule has 0 bridgehead atoms. The molecule has 4 rings (SSSR count). The van der Waals surface area contributed by atoms with Gasteiger partial charge in [-0.15, -0.1) is 11.3 Å². The van der Waals surface area contributed by atoms with E-state index >= 15 is 0 Å². The maximum atomic E-state index is 13.6. The second-order valence-electron chi connectivity index (χ2n) is 8.38. The minimum atomic E-state index is -0.448. The van der Waals surface area contributed by atoms with Gasteiger partial charge in [0.25, 0.3) is 11.8 Å². The third-order valence-corrected chi connectivity index (χ3v) is 6.76. The number of imide groups is 1. The second kappa shape index (κ2) is 9.69. The van der Waals surface area contributed by atoms with E-state index in [-0.39, 0.29) is 11.8 Å². The first-order valence-corrected chi connectivity index (χ1v) is 12.1. The highest BCUT2D eigenvalue weighted by Gasteiger charge is 2.43. The lowest BCUT2D eigenvalue weighted by atomic mass is 9.99. The zero-order chi connectivity index (χ0) is 22.7. The molecule has 6 nitrogen and oxygen atoms in total. The summed E-state index contributed by atoms with van der Waals surface area (Å²) >= 11 is 1.45. The van der Waals surface area contributed by atoms with E-state index in [0.717, 1.165) is 43.6 Å². The van der Waals surface area contributed by atoms with Gasteiger partial charge in [-0.25, -0.2) is 9.69 Å². The Labute approximate surface area is 192 Å². The molecule has 0 spiro atoms. The van der Waals surface area contributed by atoms with Crippen LogP contribution in [0.3, 0.4) is 0 Å². The molecule has 0 radical (unpaired) electrons. The topological polar surface area (TPSA) is 66.9 Å². The molecule has 1 saturated heterocycles. The lowest BCUT2D eigenvalue weighted by Crippen LogP contribution is -2.39. The number of carbonyl (C=O) groups excluding carboxylic acids is 3. The summed E-state index contributed by atoms with van der Waals surface area (Å²) in [6.45, 7) is 6.05. The molecule has 0 N–H and O–H groups in total. The molecule has 0 saturated carbocycles. The Balaban J connectivity index is 1.67. The molecular weight excluding hydrogens is 424 g/mol. The van der Waals surface area contributed by atoms with E-state index in [2.05, 4.69) is 11.8 Å². The number of thiophene rings is 1. The summed E-state index contributed by atoms with van der Waals surface area (Å²) in [6.07, 6.45) is 3.83. The number of anilines is 1. The molecule has 0 aliphatic carbocycles. The van der Waals surface area contributed by atoms with Crippen molar-refractivity contribution < 1.29 is 19.1 Å². The first-order chi connectivity index (χ1) is 15.5. The van der Waals surface area contributed by atoms with Gasteiger partial charge in [0.15, 0.2) is 0 Å². The van der Waals surface area contributed by atoms with Gasteiger partial charge in [0.05, 0.1) is 23.4 Å². The molecule has 1 aromatic carbocycles. The molecule has 1 unspecified atom stereocenters. The van der Waals surface area contributed by atoms with Crippen molar-refractivity contribution in [3.05, 3.63) is 57.9 Å². The molecule has 1 atom stereocenters. The van der Waals surface area contributed by atoms with Gasteiger partial charge in [-0.2, -0.15) is 0 Å². The largest absolute Gasteiger partial charge is 0.462 e. The van der Waals surface area contributed by atoms with Gasteiger partial charge in [-0.1, -0.05) is 32.4 Å². The van der Waals surface area contributed by atoms with E-state index in [9.17, 15) is 14.4 Å². The van der Waals surface area contributed by atoms with E-state index in [1.807, 2.05) is 24.4 Å². The second-order valence-corrected chi connectivity index (χ2v) is 9.33. The van der Waals surface area contributed by atoms with Crippen LogP contribution in [0, 0.1) is 5.92 Å². The van der Waals surface area contributed by atoms with Gasteiger partial charge in [0, 0.05) is 18.0 Å². The average Bonchev–Trinajstić information content (AvgIpc) is 3.40. The van der Waals surface area contributed by atoms with Crippen LogP contribution < -0.4 is 4.90 Å². The summed E-state index contributed by atoms with van der Waals surface area (Å²) in [6, 6.07) is 10.3. The van der Waals surface area contributed by atoms with E-state index in [1.165, 1.54) is 16.2 Å². The lowest BCUT2D eigenvalue weighted by Gasteiger charge is -2.33. The van der Waals surface area contributed by atoms with Gasteiger partial charge in [-0.05, 0) is 54.8 Å². The molecule has 1 aromatic heterocycles. The van der Waals surface area contributed by atoms with E-state index in [1.54, 1.807) is 24.3 Å². The number of ether oxygens (including phenoxy) is 1. The number of hydrogen-bond acceptors (Lipinski definition) is 6. The minimum Gasteiger partial charge on any atom is -0.462 e. The third-order valence-electron chi connectivity index (χ3n) is 5.87. The third kappa shape index (κ3) is 4.35. The summed E-state index contributed by atoms with van der Waals surface area (Å²) in [4.78, 5) is 43.6. The van der Waals surface area contributed by atoms with Crippen LogP contribution in [0.2, 0.25) is 0 Å². The predicted octanol–water partition coefficient (Wildman–Crippen LogP) is 4.72. The maximum absolute atomic E-state index is 13.6. The number of likely N-dealkylation sites (tertiary alicyclic amines) is 1. The first kappa shape index (κ1) is 22.3. The highest BCUT2D eigenvalue weighted by Crippen LogP contribution is 2.38. The zero-order valence-electron chi connectivity index (χ0n) is 18.5. The Morgan fingerprint density at radius 3 is 2.75 bits per heavy atom. The number of rotatable bonds is 7. The Bertz CT molecular complexity index is 1040. The molecule has 3 heterocycles. The number of carbonyl (C=O) groups is 3. The van der Waals surface area contributed by atoms with Crippen LogP contribution in [-0.2, 0) is 14.3 Å². The van der Waals surface area contributed by atoms with Crippen molar-refractivity contribution in [2.24, 2.45) is 5.92 Å². The number of esters is 1. The summed E-state index contributed by atoms with van der Waals surface area (Å²) in [5.41, 5.74) is 1.64. The van der Waals surface area contributed by atoms with Crippen LogP contribution >= 0.6 is 11.3 Å². The van der Waals surface area contributed by atoms with Crippen LogP contribution in [0.25, 0.3) is 5.57 Å². The van der Waals surface area contributed by atoms with Crippen LogP contribution in [0.5, 0.6) is 0 Å². The van der Waals surface area contributed by atoms with Crippen LogP contribution in [0.1, 0.15) is 54.8 Å². The number of unbranched alkanes of at least 4 members (excludes halogenated alkanes) is 1. The smallest absolute Gasteiger partial charge is 0.338 e. The van der Waals surface area contributed by atoms with Crippen LogP contribution in [-0.4, -0.2) is 42.4 Å². The van der Waals surface area contributed by atoms with Gasteiger partial charge >= 0.3 is 5.97 Å². The highest BCUT2D eigenvalue weighted by molar-refractivity contribution is 7.11. The molecule has 2 aliphatic heterocycles. The Morgan fingerprint density at radius 1 is 1.19 bits per heavy atom. The quantitative estimate of drug-likeness (QED) is 0.345. The number of amides is 2. The lowest BCUT2D eigenvalue weighted by molar-refractivity contribution is -0.120. The molecular formula is C25H28N2O4S. The summed E-state index contributed by atoms with van der Waals surface area (Å²) in [7, 11) is 0. The van der Waals surface area contributed by atoms with Crippen LogP contribution in [0.4, 0.5) is 5.69 Å². The van der Waals surface area contributed by atoms with Gasteiger partial charge < -0.3 is 9.64 Å². The Hall–Kier alpha value is -2.93. The number of piperidine rings is 1. The van der Waals surface area contributed by atoms with Gasteiger partial charge in [0.2, 0.25) is 0 Å². The Kier molecular flexibility index (Phi) is 6.74. The molecule has 7 heteroatoms. The molecule has 168 valence electrons. The monoisotopic (exact) mass is 452 g/mol. The van der Waals surface area contributed by atoms with Gasteiger partial charge in [-0.3, -0.25) is 9.59 Å². The van der Waals surface area contributed by atoms with Crippen molar-refractivity contribution in [1.29, 1.82) is 0 Å². The normalized spacial score (nSPS) is 19.1. The number of nitrogens with zero attached hydrogens (tertiary/aromatic N) is 2. The van der Waals surface area contributed by atoms with Crippen molar-refractivity contribution >= 4 is 40.4 Å². The molecule has 32 heavy (non-hydrogen) atoms. The molecule has 1 fully saturated rings. The van der Waals surface area contributed by atoms with Crippen molar-refractivity contribution in [1.82, 2.24) is 4.90 Å². The molecule has 2 aliphatic rings. The Morgan fingerprint density at radius 2 is 2.03 bits per heavy atom. The summed E-state index contributed by atoms with van der Waals surface area (Å²) in [5, 5.41) is 1.91. The van der Waals surface area contributed by atoms with Crippen molar-refractivity contribution in [2.45, 2.75) is 39.5 Å². The summed E-state index contributed by atoms with van der Waals surface area (Å²) in [5.74, 6) is -0.666. The van der Waals surface area contributed by atoms with Crippen molar-refractivity contribution in [3.8, 4) is 0 Å². The minimum absolute atomic E-state index is 0.330. The maximum Gasteiger partial charge on any atom is 0.338 e. The van der Waals surface area contributed by atoms with Crippen molar-refractivity contribution in [3.63, 3.8) is 0 Å². The predicted molar refractivity (Wildman–Crippen MR) is 125 cm³/mol.